The predicted octanol–water partition coefficient (Wildman–Crippen LogP) is 3.41. The summed E-state index contributed by atoms with van der Waals surface area (Å²) in [5, 5.41) is 6.17. The van der Waals surface area contributed by atoms with Gasteiger partial charge in [-0.15, -0.1) is 0 Å². The van der Waals surface area contributed by atoms with Gasteiger partial charge in [0.05, 0.1) is 6.04 Å². The molecule has 1 saturated carbocycles. The number of carbonyl (C=O) groups excluding carboxylic acids is 4. The molecule has 2 unspecified atom stereocenters. The van der Waals surface area contributed by atoms with E-state index in [1.165, 1.54) is 7.05 Å². The van der Waals surface area contributed by atoms with Gasteiger partial charge in [-0.2, -0.15) is 0 Å². The van der Waals surface area contributed by atoms with E-state index in [0.717, 1.165) is 42.7 Å². The highest BCUT2D eigenvalue weighted by atomic mass is 16.7. The van der Waals surface area contributed by atoms with Crippen molar-refractivity contribution in [1.29, 1.82) is 0 Å². The summed E-state index contributed by atoms with van der Waals surface area (Å²) in [4.78, 5) is 51.4. The molecule has 2 N–H and O–H groups in total. The van der Waals surface area contributed by atoms with Crippen molar-refractivity contribution < 1.29 is 28.7 Å². The van der Waals surface area contributed by atoms with Crippen LogP contribution in [0.5, 0.6) is 0 Å². The fourth-order valence-electron chi connectivity index (χ4n) is 4.93. The minimum atomic E-state index is -0.998. The summed E-state index contributed by atoms with van der Waals surface area (Å²) in [5.41, 5.74) is 0.904. The third-order valence-electron chi connectivity index (χ3n) is 7.02. The number of ether oxygens (including phenoxy) is 2. The summed E-state index contributed by atoms with van der Waals surface area (Å²) < 4.78 is 10.7. The molecule has 0 aromatic rings. The molecule has 2 aliphatic heterocycles. The second-order valence-electron chi connectivity index (χ2n) is 9.66. The highest BCUT2D eigenvalue weighted by molar-refractivity contribution is 6.15. The van der Waals surface area contributed by atoms with Crippen molar-refractivity contribution in [3.05, 3.63) is 60.3 Å². The Kier molecular flexibility index (Phi) is 10.9. The van der Waals surface area contributed by atoms with Crippen molar-refractivity contribution in [2.75, 3.05) is 20.4 Å². The molecule has 9 heteroatoms. The molecule has 3 amide bonds. The molecule has 3 rings (SSSR count). The van der Waals surface area contributed by atoms with Crippen molar-refractivity contribution >= 4 is 23.5 Å². The Morgan fingerprint density at radius 3 is 2.55 bits per heavy atom. The van der Waals surface area contributed by atoms with Crippen molar-refractivity contribution in [2.24, 2.45) is 11.8 Å². The number of allylic oxidation sites excluding steroid dienone is 6. The highest BCUT2D eigenvalue weighted by Gasteiger charge is 2.45. The summed E-state index contributed by atoms with van der Waals surface area (Å²) in [6.45, 7) is 6.32. The monoisotopic (exact) mass is 525 g/mol. The SMILES string of the molecule is C=CC1=C(/C=C\C/C=C/C(=C\CC)NCCC(=O)NC(C(=O)C2CC(=O)N(C)C2=O)C2CCCC2)OCO1. The van der Waals surface area contributed by atoms with Gasteiger partial charge in [0.2, 0.25) is 24.5 Å². The third-order valence-corrected chi connectivity index (χ3v) is 7.02. The minimum Gasteiger partial charge on any atom is -0.454 e. The number of amides is 3. The summed E-state index contributed by atoms with van der Waals surface area (Å²) in [7, 11) is 1.40. The van der Waals surface area contributed by atoms with Gasteiger partial charge in [-0.1, -0.05) is 44.6 Å². The molecule has 1 saturated heterocycles. The molecule has 9 nitrogen and oxygen atoms in total. The van der Waals surface area contributed by atoms with Crippen LogP contribution < -0.4 is 10.6 Å². The van der Waals surface area contributed by atoms with E-state index in [1.54, 1.807) is 6.08 Å². The second-order valence-corrected chi connectivity index (χ2v) is 9.66. The number of imide groups is 1. The van der Waals surface area contributed by atoms with Crippen LogP contribution in [0.15, 0.2) is 60.3 Å². The van der Waals surface area contributed by atoms with E-state index >= 15 is 0 Å². The largest absolute Gasteiger partial charge is 0.454 e. The molecule has 2 fully saturated rings. The quantitative estimate of drug-likeness (QED) is 0.203. The highest BCUT2D eigenvalue weighted by Crippen LogP contribution is 2.31. The molecular formula is C29H39N3O6. The van der Waals surface area contributed by atoms with Gasteiger partial charge in [-0.05, 0) is 49.8 Å². The number of nitrogens with zero attached hydrogens (tertiary/aromatic N) is 1. The van der Waals surface area contributed by atoms with Gasteiger partial charge in [0.1, 0.15) is 5.92 Å². The summed E-state index contributed by atoms with van der Waals surface area (Å²) in [6.07, 6.45) is 16.6. The first kappa shape index (κ1) is 28.9. The number of hydrogen-bond acceptors (Lipinski definition) is 7. The van der Waals surface area contributed by atoms with Gasteiger partial charge in [0, 0.05) is 32.1 Å². The fourth-order valence-corrected chi connectivity index (χ4v) is 4.93. The average molecular weight is 526 g/mol. The molecule has 0 spiro atoms. The molecule has 0 bridgehead atoms. The molecule has 2 heterocycles. The Morgan fingerprint density at radius 2 is 1.89 bits per heavy atom. The predicted molar refractivity (Wildman–Crippen MR) is 143 cm³/mol. The van der Waals surface area contributed by atoms with Crippen LogP contribution >= 0.6 is 0 Å². The number of rotatable bonds is 14. The first-order valence-corrected chi connectivity index (χ1v) is 13.4. The van der Waals surface area contributed by atoms with Crippen LogP contribution in [0.3, 0.4) is 0 Å². The van der Waals surface area contributed by atoms with E-state index in [9.17, 15) is 19.2 Å². The molecule has 2 atom stereocenters. The summed E-state index contributed by atoms with van der Waals surface area (Å²) in [5.74, 6) is -1.13. The van der Waals surface area contributed by atoms with Gasteiger partial charge in [-0.25, -0.2) is 0 Å². The van der Waals surface area contributed by atoms with E-state index in [1.807, 2.05) is 37.3 Å². The summed E-state index contributed by atoms with van der Waals surface area (Å²) >= 11 is 0. The van der Waals surface area contributed by atoms with Crippen LogP contribution in [0.1, 0.15) is 58.3 Å². The number of hydrogen-bond donors (Lipinski definition) is 2. The minimum absolute atomic E-state index is 0.000675. The van der Waals surface area contributed by atoms with Crippen LogP contribution in [0.2, 0.25) is 0 Å². The Bertz CT molecular complexity index is 1030. The number of carbonyl (C=O) groups is 4. The first-order chi connectivity index (χ1) is 18.3. The standard InChI is InChI=1S/C29H39N3O6/c1-4-11-21(14-7-6-8-15-24-23(5-2)37-19-38-24)30-17-16-25(33)31-27(20-12-9-10-13-20)28(35)22-18-26(34)32(3)29(22)36/h5,7-8,11,14-15,20,22,27,30H,2,4,6,9-10,12-13,16-19H2,1,3H3,(H,31,33)/b14-7+,15-8-,21-11+. The van der Waals surface area contributed by atoms with Gasteiger partial charge in [-0.3, -0.25) is 24.1 Å². The van der Waals surface area contributed by atoms with Gasteiger partial charge >= 0.3 is 0 Å². The van der Waals surface area contributed by atoms with Gasteiger partial charge in [0.25, 0.3) is 0 Å². The van der Waals surface area contributed by atoms with Crippen LogP contribution in [-0.4, -0.2) is 54.8 Å². The number of Topliss-reactive ketones (excluding diaryl/α,β-unsaturated/α-hetero) is 1. The molecule has 38 heavy (non-hydrogen) atoms. The van der Waals surface area contributed by atoms with Crippen molar-refractivity contribution in [3.63, 3.8) is 0 Å². The van der Waals surface area contributed by atoms with E-state index in [4.69, 9.17) is 9.47 Å². The molecule has 0 radical (unpaired) electrons. The Hall–Kier alpha value is -3.62. The Balaban J connectivity index is 1.50. The zero-order chi connectivity index (χ0) is 27.5. The molecule has 206 valence electrons. The lowest BCUT2D eigenvalue weighted by atomic mass is 9.87. The van der Waals surface area contributed by atoms with Crippen LogP contribution in [0.25, 0.3) is 0 Å². The van der Waals surface area contributed by atoms with Crippen molar-refractivity contribution in [3.8, 4) is 0 Å². The lowest BCUT2D eigenvalue weighted by Crippen LogP contribution is -2.49. The maximum Gasteiger partial charge on any atom is 0.240 e. The second kappa shape index (κ2) is 14.4. The normalized spacial score (nSPS) is 21.4. The molecule has 0 aromatic heterocycles. The lowest BCUT2D eigenvalue weighted by molar-refractivity contribution is -0.141. The third kappa shape index (κ3) is 7.69. The number of ketones is 1. The van der Waals surface area contributed by atoms with E-state index in [2.05, 4.69) is 17.2 Å². The van der Waals surface area contributed by atoms with Crippen LogP contribution in [0, 0.1) is 11.8 Å². The smallest absolute Gasteiger partial charge is 0.240 e. The van der Waals surface area contributed by atoms with Gasteiger partial charge < -0.3 is 20.1 Å². The maximum atomic E-state index is 13.3. The molecular weight excluding hydrogens is 486 g/mol. The fraction of sp³-hybridized carbons (Fsp3) is 0.517. The van der Waals surface area contributed by atoms with Crippen molar-refractivity contribution in [1.82, 2.24) is 15.5 Å². The van der Waals surface area contributed by atoms with E-state index in [-0.39, 0.29) is 43.2 Å². The Morgan fingerprint density at radius 1 is 1.16 bits per heavy atom. The van der Waals surface area contributed by atoms with E-state index in [0.29, 0.717) is 24.5 Å². The van der Waals surface area contributed by atoms with E-state index < -0.39 is 17.9 Å². The number of nitrogens with one attached hydrogen (secondary N) is 2. The zero-order valence-electron chi connectivity index (χ0n) is 22.4. The van der Waals surface area contributed by atoms with Crippen molar-refractivity contribution in [2.45, 2.75) is 64.3 Å². The molecule has 0 aromatic carbocycles. The van der Waals surface area contributed by atoms with Crippen LogP contribution in [0.4, 0.5) is 0 Å². The Labute approximate surface area is 224 Å². The zero-order valence-corrected chi connectivity index (χ0v) is 22.4. The maximum absolute atomic E-state index is 13.3. The van der Waals surface area contributed by atoms with Gasteiger partial charge in [0.15, 0.2) is 17.3 Å². The number of likely N-dealkylation sites (tertiary alicyclic amines) is 1. The lowest BCUT2D eigenvalue weighted by Gasteiger charge is -2.25. The first-order valence-electron chi connectivity index (χ1n) is 13.4. The molecule has 1 aliphatic carbocycles. The topological polar surface area (TPSA) is 114 Å². The van der Waals surface area contributed by atoms with Crippen LogP contribution in [-0.2, 0) is 28.7 Å². The molecule has 3 aliphatic rings. The summed E-state index contributed by atoms with van der Waals surface area (Å²) in [6, 6.07) is -0.735. The average Bonchev–Trinajstić information content (AvgIpc) is 3.65.